The van der Waals surface area contributed by atoms with Crippen LogP contribution in [0.2, 0.25) is 0 Å². The number of nitrogens with one attached hydrogen (secondary N) is 1. The summed E-state index contributed by atoms with van der Waals surface area (Å²) in [5.41, 5.74) is 8.07. The second-order valence-electron chi connectivity index (χ2n) is 8.79. The number of nitrogens with zero attached hydrogens (tertiary/aromatic N) is 1. The summed E-state index contributed by atoms with van der Waals surface area (Å²) in [4.78, 5) is 17.5. The fourth-order valence-corrected chi connectivity index (χ4v) is 4.49. The van der Waals surface area contributed by atoms with Crippen LogP contribution in [0, 0.1) is 11.6 Å². The Labute approximate surface area is 208 Å². The lowest BCUT2D eigenvalue weighted by atomic mass is 9.83. The van der Waals surface area contributed by atoms with E-state index in [1.807, 2.05) is 60.7 Å². The summed E-state index contributed by atoms with van der Waals surface area (Å²) >= 11 is 0. The van der Waals surface area contributed by atoms with Crippen LogP contribution >= 0.6 is 0 Å². The van der Waals surface area contributed by atoms with E-state index in [1.165, 1.54) is 30.4 Å². The third-order valence-electron chi connectivity index (χ3n) is 6.42. The molecule has 0 saturated carbocycles. The van der Waals surface area contributed by atoms with E-state index in [0.717, 1.165) is 34.7 Å². The van der Waals surface area contributed by atoms with Crippen LogP contribution in [0.3, 0.4) is 0 Å². The Kier molecular flexibility index (Phi) is 6.58. The lowest BCUT2D eigenvalue weighted by Crippen LogP contribution is -2.23. The molecular formula is C30H24F2N2O2. The fraction of sp³-hybridized carbons (Fsp3) is 0.133. The lowest BCUT2D eigenvalue weighted by Gasteiger charge is -2.21. The number of fused-ring (bicyclic) bond motifs is 2. The van der Waals surface area contributed by atoms with Crippen molar-refractivity contribution in [3.63, 3.8) is 0 Å². The molecule has 1 amide bonds. The molecule has 0 aromatic heterocycles. The van der Waals surface area contributed by atoms with E-state index in [0.29, 0.717) is 29.7 Å². The van der Waals surface area contributed by atoms with Crippen LogP contribution in [0.1, 0.15) is 43.7 Å². The molecule has 1 N–H and O–H groups in total. The third kappa shape index (κ3) is 5.03. The smallest absolute Gasteiger partial charge is 0.251 e. The molecule has 0 aliphatic heterocycles. The average molecular weight is 483 g/mol. The van der Waals surface area contributed by atoms with Gasteiger partial charge in [0.2, 0.25) is 0 Å². The van der Waals surface area contributed by atoms with Crippen LogP contribution in [0.5, 0.6) is 0 Å². The van der Waals surface area contributed by atoms with E-state index in [4.69, 9.17) is 0 Å². The van der Waals surface area contributed by atoms with Gasteiger partial charge in [-0.05, 0) is 76.1 Å². The first-order chi connectivity index (χ1) is 17.5. The monoisotopic (exact) mass is 482 g/mol. The number of hydrogen-bond donors (Lipinski definition) is 1. The lowest BCUT2D eigenvalue weighted by molar-refractivity contribution is 0.0951. The molecule has 0 fully saturated rings. The van der Waals surface area contributed by atoms with Gasteiger partial charge in [0.15, 0.2) is 0 Å². The Morgan fingerprint density at radius 3 is 2.36 bits per heavy atom. The maximum atomic E-state index is 14.3. The second-order valence-corrected chi connectivity index (χ2v) is 8.79. The molecular weight excluding hydrogens is 458 g/mol. The molecule has 1 aliphatic carbocycles. The van der Waals surface area contributed by atoms with Crippen molar-refractivity contribution in [1.82, 2.24) is 5.32 Å². The quantitative estimate of drug-likeness (QED) is 0.237. The predicted molar refractivity (Wildman–Crippen MR) is 136 cm³/mol. The van der Waals surface area contributed by atoms with Gasteiger partial charge in [-0.1, -0.05) is 53.7 Å². The van der Waals surface area contributed by atoms with Crippen molar-refractivity contribution in [3.8, 4) is 11.1 Å². The maximum absolute atomic E-state index is 14.3. The zero-order valence-corrected chi connectivity index (χ0v) is 19.7. The van der Waals surface area contributed by atoms with Crippen LogP contribution in [0.15, 0.2) is 84.0 Å². The number of carbonyl (C=O) groups excluding carboxylic acids is 1. The molecule has 0 bridgehead atoms. The van der Waals surface area contributed by atoms with Gasteiger partial charge in [-0.2, -0.15) is 0 Å². The zero-order valence-electron chi connectivity index (χ0n) is 19.7. The molecule has 4 nitrogen and oxygen atoms in total. The van der Waals surface area contributed by atoms with E-state index >= 15 is 0 Å². The second kappa shape index (κ2) is 10.1. The van der Waals surface area contributed by atoms with Crippen LogP contribution < -0.4 is 5.32 Å². The number of carbonyl (C=O) groups is 1. The number of oxime groups is 1. The van der Waals surface area contributed by atoms with Gasteiger partial charge in [0.05, 0.1) is 6.21 Å². The van der Waals surface area contributed by atoms with Crippen molar-refractivity contribution in [2.75, 3.05) is 7.11 Å². The molecule has 36 heavy (non-hydrogen) atoms. The van der Waals surface area contributed by atoms with Gasteiger partial charge in [-0.25, -0.2) is 8.78 Å². The minimum atomic E-state index is -0.595. The van der Waals surface area contributed by atoms with Crippen molar-refractivity contribution in [2.45, 2.75) is 19.4 Å². The number of amides is 1. The summed E-state index contributed by atoms with van der Waals surface area (Å²) in [7, 11) is 1.49. The molecule has 4 aromatic rings. The Morgan fingerprint density at radius 1 is 0.889 bits per heavy atom. The van der Waals surface area contributed by atoms with Gasteiger partial charge in [-0.3, -0.25) is 4.79 Å². The number of benzene rings is 4. The molecule has 0 heterocycles. The maximum Gasteiger partial charge on any atom is 0.251 e. The van der Waals surface area contributed by atoms with E-state index in [1.54, 1.807) is 6.21 Å². The summed E-state index contributed by atoms with van der Waals surface area (Å²) in [5, 5.41) is 6.71. The van der Waals surface area contributed by atoms with Gasteiger partial charge in [0.1, 0.15) is 18.7 Å². The number of hydrogen-bond acceptors (Lipinski definition) is 3. The van der Waals surface area contributed by atoms with E-state index < -0.39 is 11.6 Å². The van der Waals surface area contributed by atoms with Gasteiger partial charge < -0.3 is 10.2 Å². The molecule has 5 rings (SSSR count). The van der Waals surface area contributed by atoms with Crippen molar-refractivity contribution < 1.29 is 18.4 Å². The number of halogens is 2. The van der Waals surface area contributed by atoms with E-state index in [-0.39, 0.29) is 5.91 Å². The molecule has 0 unspecified atom stereocenters. The highest BCUT2D eigenvalue weighted by Crippen LogP contribution is 2.32. The van der Waals surface area contributed by atoms with Gasteiger partial charge in [-0.15, -0.1) is 0 Å². The topological polar surface area (TPSA) is 50.7 Å². The summed E-state index contributed by atoms with van der Waals surface area (Å²) in [6.45, 7) is 0.410. The van der Waals surface area contributed by atoms with Crippen molar-refractivity contribution in [3.05, 3.63) is 129 Å². The van der Waals surface area contributed by atoms with Crippen molar-refractivity contribution in [2.24, 2.45) is 5.16 Å². The standard InChI is InChI=1S/C30H24F2N2O2/c1-36-34-18-20-4-2-19(3-5-20)17-33-30(35)24-9-7-22-12-21-6-8-23(13-25(21)15-26(22)14-24)28-11-10-27(31)16-29(28)32/h2-11,13-14,16,18H,12,15,17H2,1H3,(H,33,35)/b34-18+. The molecule has 6 heteroatoms. The molecule has 0 radical (unpaired) electrons. The SMILES string of the molecule is CO/N=C/c1ccc(CNC(=O)c2ccc3c(c2)Cc2cc(-c4ccc(F)cc4F)ccc2C3)cc1. The predicted octanol–water partition coefficient (Wildman–Crippen LogP) is 6.04. The molecule has 0 atom stereocenters. The first-order valence-corrected chi connectivity index (χ1v) is 11.6. The average Bonchev–Trinajstić information content (AvgIpc) is 2.89. The normalized spacial score (nSPS) is 12.2. The highest BCUT2D eigenvalue weighted by Gasteiger charge is 2.19. The van der Waals surface area contributed by atoms with Gasteiger partial charge in [0.25, 0.3) is 5.91 Å². The molecule has 180 valence electrons. The summed E-state index contributed by atoms with van der Waals surface area (Å²) in [5.74, 6) is -1.32. The minimum absolute atomic E-state index is 0.143. The van der Waals surface area contributed by atoms with Gasteiger partial charge >= 0.3 is 0 Å². The summed E-state index contributed by atoms with van der Waals surface area (Å²) in [6.07, 6.45) is 3.01. The summed E-state index contributed by atoms with van der Waals surface area (Å²) < 4.78 is 27.6. The van der Waals surface area contributed by atoms with E-state index in [2.05, 4.69) is 15.3 Å². The van der Waals surface area contributed by atoms with Crippen molar-refractivity contribution in [1.29, 1.82) is 0 Å². The molecule has 0 saturated heterocycles. The Balaban J connectivity index is 1.29. The van der Waals surface area contributed by atoms with Crippen LogP contribution in [0.25, 0.3) is 11.1 Å². The molecule has 0 spiro atoms. The van der Waals surface area contributed by atoms with Crippen LogP contribution in [-0.4, -0.2) is 19.2 Å². The Morgan fingerprint density at radius 2 is 1.61 bits per heavy atom. The number of rotatable bonds is 6. The van der Waals surface area contributed by atoms with Crippen LogP contribution in [0.4, 0.5) is 8.78 Å². The highest BCUT2D eigenvalue weighted by atomic mass is 19.1. The van der Waals surface area contributed by atoms with Crippen molar-refractivity contribution >= 4 is 12.1 Å². The largest absolute Gasteiger partial charge is 0.399 e. The Hall–Kier alpha value is -4.32. The van der Waals surface area contributed by atoms with Gasteiger partial charge in [0, 0.05) is 23.7 Å². The van der Waals surface area contributed by atoms with Crippen LogP contribution in [-0.2, 0) is 24.2 Å². The molecule has 4 aromatic carbocycles. The highest BCUT2D eigenvalue weighted by molar-refractivity contribution is 5.94. The first-order valence-electron chi connectivity index (χ1n) is 11.6. The molecule has 1 aliphatic rings. The zero-order chi connectivity index (χ0) is 25.1. The minimum Gasteiger partial charge on any atom is -0.399 e. The Bertz CT molecular complexity index is 1460. The van der Waals surface area contributed by atoms with E-state index in [9.17, 15) is 13.6 Å². The summed E-state index contributed by atoms with van der Waals surface area (Å²) in [6, 6.07) is 22.9. The third-order valence-corrected chi connectivity index (χ3v) is 6.42. The first kappa shape index (κ1) is 23.4. The fourth-order valence-electron chi connectivity index (χ4n) is 4.49.